The number of allylic oxidation sites excluding steroid dienone is 1. The van der Waals surface area contributed by atoms with Crippen LogP contribution in [0.5, 0.6) is 5.75 Å². The summed E-state index contributed by atoms with van der Waals surface area (Å²) in [5.41, 5.74) is 3.92. The van der Waals surface area contributed by atoms with Crippen molar-refractivity contribution >= 4 is 5.78 Å². The fraction of sp³-hybridized carbons (Fsp3) is 0.400. The highest BCUT2D eigenvalue weighted by Gasteiger charge is 2.30. The molecule has 0 unspecified atom stereocenters. The number of aromatic hydroxyl groups is 1. The Balaban J connectivity index is 2.83. The van der Waals surface area contributed by atoms with Gasteiger partial charge in [-0.2, -0.15) is 0 Å². The molecule has 27 heavy (non-hydrogen) atoms. The highest BCUT2D eigenvalue weighted by Crippen LogP contribution is 2.43. The summed E-state index contributed by atoms with van der Waals surface area (Å²) in [4.78, 5) is 12.2. The standard InChI is InChI=1S/C25H32O2/c1-16(17(2)26)22(18-12-10-9-11-13-18)19-14-20(24(3,4)5)23(27)21(15-19)25(6,7)8/h9-15,22,27H,1H2,2-8H3/t22-/m1/s1. The minimum Gasteiger partial charge on any atom is -0.507 e. The van der Waals surface area contributed by atoms with Crippen molar-refractivity contribution in [2.45, 2.75) is 65.2 Å². The molecule has 0 bridgehead atoms. The lowest BCUT2D eigenvalue weighted by atomic mass is 9.75. The van der Waals surface area contributed by atoms with Gasteiger partial charge in [0.1, 0.15) is 5.75 Å². The Morgan fingerprint density at radius 1 is 0.889 bits per heavy atom. The number of ketones is 1. The van der Waals surface area contributed by atoms with E-state index in [1.165, 1.54) is 0 Å². The van der Waals surface area contributed by atoms with Gasteiger partial charge in [-0.3, -0.25) is 4.79 Å². The zero-order valence-corrected chi connectivity index (χ0v) is 17.7. The first kappa shape index (κ1) is 21.0. The first-order valence-corrected chi connectivity index (χ1v) is 9.46. The molecule has 0 saturated carbocycles. The van der Waals surface area contributed by atoms with Crippen LogP contribution in [0.1, 0.15) is 76.6 Å². The molecular weight excluding hydrogens is 332 g/mol. The van der Waals surface area contributed by atoms with Crippen LogP contribution in [0, 0.1) is 0 Å². The number of phenolic OH excluding ortho intramolecular Hbond substituents is 1. The lowest BCUT2D eigenvalue weighted by molar-refractivity contribution is -0.113. The monoisotopic (exact) mass is 364 g/mol. The highest BCUT2D eigenvalue weighted by molar-refractivity contribution is 5.95. The van der Waals surface area contributed by atoms with Crippen molar-refractivity contribution in [2.75, 3.05) is 0 Å². The van der Waals surface area contributed by atoms with Crippen LogP contribution in [0.2, 0.25) is 0 Å². The SMILES string of the molecule is C=C(C(C)=O)[C@H](c1ccccc1)c1cc(C(C)(C)C)c(O)c(C(C)(C)C)c1. The molecule has 1 N–H and O–H groups in total. The van der Waals surface area contributed by atoms with Crippen LogP contribution in [0.4, 0.5) is 0 Å². The molecule has 2 rings (SSSR count). The molecule has 2 nitrogen and oxygen atoms in total. The molecular formula is C25H32O2. The number of benzene rings is 2. The van der Waals surface area contributed by atoms with E-state index in [1.54, 1.807) is 6.92 Å². The molecule has 0 aliphatic rings. The maximum atomic E-state index is 12.2. The molecule has 2 aromatic rings. The first-order valence-electron chi connectivity index (χ1n) is 9.46. The van der Waals surface area contributed by atoms with Gasteiger partial charge < -0.3 is 5.11 Å². The van der Waals surface area contributed by atoms with Crippen molar-refractivity contribution in [1.82, 2.24) is 0 Å². The van der Waals surface area contributed by atoms with Gasteiger partial charge in [-0.1, -0.05) is 90.6 Å². The van der Waals surface area contributed by atoms with Gasteiger partial charge in [0.2, 0.25) is 0 Å². The molecule has 2 aromatic carbocycles. The van der Waals surface area contributed by atoms with Crippen molar-refractivity contribution in [3.05, 3.63) is 76.9 Å². The van der Waals surface area contributed by atoms with Crippen LogP contribution in [0.15, 0.2) is 54.6 Å². The van der Waals surface area contributed by atoms with Crippen LogP contribution in [0.25, 0.3) is 0 Å². The number of phenols is 1. The summed E-state index contributed by atoms with van der Waals surface area (Å²) in [6.07, 6.45) is 0. The van der Waals surface area contributed by atoms with E-state index in [0.717, 1.165) is 22.3 Å². The van der Waals surface area contributed by atoms with E-state index < -0.39 is 0 Å². The van der Waals surface area contributed by atoms with E-state index in [-0.39, 0.29) is 22.5 Å². The molecule has 0 aromatic heterocycles. The summed E-state index contributed by atoms with van der Waals surface area (Å²) in [6, 6.07) is 14.1. The lowest BCUT2D eigenvalue weighted by Gasteiger charge is -2.30. The first-order chi connectivity index (χ1) is 12.3. The van der Waals surface area contributed by atoms with Gasteiger partial charge in [-0.15, -0.1) is 0 Å². The average Bonchev–Trinajstić information content (AvgIpc) is 2.55. The molecule has 0 aliphatic heterocycles. The zero-order chi connectivity index (χ0) is 20.6. The second-order valence-electron chi connectivity index (χ2n) is 9.39. The van der Waals surface area contributed by atoms with Gasteiger partial charge in [0, 0.05) is 5.92 Å². The van der Waals surface area contributed by atoms with Crippen LogP contribution >= 0.6 is 0 Å². The number of rotatable bonds is 4. The molecule has 0 heterocycles. The van der Waals surface area contributed by atoms with E-state index >= 15 is 0 Å². The van der Waals surface area contributed by atoms with E-state index in [2.05, 4.69) is 48.1 Å². The van der Waals surface area contributed by atoms with Gasteiger partial charge in [-0.25, -0.2) is 0 Å². The third-order valence-electron chi connectivity index (χ3n) is 5.02. The Kier molecular flexibility index (Phi) is 5.70. The maximum Gasteiger partial charge on any atom is 0.156 e. The lowest BCUT2D eigenvalue weighted by Crippen LogP contribution is -2.19. The average molecular weight is 365 g/mol. The quantitative estimate of drug-likeness (QED) is 0.650. The Morgan fingerprint density at radius 3 is 1.70 bits per heavy atom. The van der Waals surface area contributed by atoms with Crippen LogP contribution in [-0.4, -0.2) is 10.9 Å². The predicted octanol–water partition coefficient (Wildman–Crippen LogP) is 6.26. The minimum absolute atomic E-state index is 0.0217. The maximum absolute atomic E-state index is 12.2. The summed E-state index contributed by atoms with van der Waals surface area (Å²) >= 11 is 0. The van der Waals surface area contributed by atoms with Gasteiger partial charge in [0.05, 0.1) is 0 Å². The largest absolute Gasteiger partial charge is 0.507 e. The van der Waals surface area contributed by atoms with E-state index in [9.17, 15) is 9.90 Å². The molecule has 1 atom stereocenters. The summed E-state index contributed by atoms with van der Waals surface area (Å²) in [5.74, 6) is 0.0945. The fourth-order valence-electron chi connectivity index (χ4n) is 3.41. The highest BCUT2D eigenvalue weighted by atomic mass is 16.3. The van der Waals surface area contributed by atoms with Crippen molar-refractivity contribution < 1.29 is 9.90 Å². The summed E-state index contributed by atoms with van der Waals surface area (Å²) in [5, 5.41) is 11.0. The van der Waals surface area contributed by atoms with Crippen molar-refractivity contribution in [1.29, 1.82) is 0 Å². The molecule has 0 aliphatic carbocycles. The summed E-state index contributed by atoms with van der Waals surface area (Å²) in [6.45, 7) is 18.2. The Morgan fingerprint density at radius 2 is 1.33 bits per heavy atom. The minimum atomic E-state index is -0.230. The summed E-state index contributed by atoms with van der Waals surface area (Å²) in [7, 11) is 0. The van der Waals surface area contributed by atoms with Gasteiger partial charge in [0.15, 0.2) is 5.78 Å². The van der Waals surface area contributed by atoms with Crippen molar-refractivity contribution in [3.8, 4) is 5.75 Å². The third-order valence-corrected chi connectivity index (χ3v) is 5.02. The molecule has 0 amide bonds. The van der Waals surface area contributed by atoms with E-state index in [1.807, 2.05) is 42.5 Å². The van der Waals surface area contributed by atoms with Crippen LogP contribution in [-0.2, 0) is 15.6 Å². The zero-order valence-electron chi connectivity index (χ0n) is 17.7. The van der Waals surface area contributed by atoms with E-state index in [0.29, 0.717) is 11.3 Å². The van der Waals surface area contributed by atoms with E-state index in [4.69, 9.17) is 0 Å². The molecule has 2 heteroatoms. The predicted molar refractivity (Wildman–Crippen MR) is 114 cm³/mol. The second kappa shape index (κ2) is 7.34. The topological polar surface area (TPSA) is 37.3 Å². The molecule has 0 saturated heterocycles. The molecule has 0 fully saturated rings. The van der Waals surface area contributed by atoms with Crippen LogP contribution < -0.4 is 0 Å². The smallest absolute Gasteiger partial charge is 0.156 e. The Bertz CT molecular complexity index is 811. The summed E-state index contributed by atoms with van der Waals surface area (Å²) < 4.78 is 0. The van der Waals surface area contributed by atoms with Crippen molar-refractivity contribution in [3.63, 3.8) is 0 Å². The number of carbonyl (C=O) groups is 1. The third kappa shape index (κ3) is 4.50. The number of hydrogen-bond acceptors (Lipinski definition) is 2. The molecule has 0 radical (unpaired) electrons. The Hall–Kier alpha value is -2.35. The fourth-order valence-corrected chi connectivity index (χ4v) is 3.41. The second-order valence-corrected chi connectivity index (χ2v) is 9.39. The number of hydrogen-bond donors (Lipinski definition) is 1. The van der Waals surface area contributed by atoms with Crippen molar-refractivity contribution in [2.24, 2.45) is 0 Å². The van der Waals surface area contributed by atoms with Crippen LogP contribution in [0.3, 0.4) is 0 Å². The van der Waals surface area contributed by atoms with Gasteiger partial charge in [-0.05, 0) is 45.6 Å². The number of carbonyl (C=O) groups excluding carboxylic acids is 1. The molecule has 144 valence electrons. The normalized spacial score (nSPS) is 13.3. The van der Waals surface area contributed by atoms with Gasteiger partial charge in [0.25, 0.3) is 0 Å². The molecule has 0 spiro atoms. The van der Waals surface area contributed by atoms with Gasteiger partial charge >= 0.3 is 0 Å². The Labute approximate surface area is 163 Å². The number of Topliss-reactive ketones (excluding diaryl/α,β-unsaturated/α-hetero) is 1.